The summed E-state index contributed by atoms with van der Waals surface area (Å²) >= 11 is 1.60. The zero-order valence-corrected chi connectivity index (χ0v) is 12.1. The number of benzene rings is 1. The number of nitrogens with one attached hydrogen (secondary N) is 2. The average Bonchev–Trinajstić information content (AvgIpc) is 3.09. The van der Waals surface area contributed by atoms with Gasteiger partial charge in [-0.05, 0) is 24.6 Å². The Morgan fingerprint density at radius 3 is 3.05 bits per heavy atom. The molecule has 0 aliphatic carbocycles. The molecule has 1 fully saturated rings. The molecule has 0 spiro atoms. The first-order chi connectivity index (χ1) is 9.74. The minimum atomic E-state index is 0.0542. The Balaban J connectivity index is 1.74. The topological polar surface area (TPSA) is 54.0 Å². The minimum Gasteiger partial charge on any atom is -0.326 e. The lowest BCUT2D eigenvalue weighted by atomic mass is 9.97. The van der Waals surface area contributed by atoms with Crippen LogP contribution < -0.4 is 10.6 Å². The molecule has 1 aromatic heterocycles. The fourth-order valence-corrected chi connectivity index (χ4v) is 3.13. The van der Waals surface area contributed by atoms with Crippen molar-refractivity contribution in [2.24, 2.45) is 11.8 Å². The monoisotopic (exact) mass is 287 g/mol. The molecule has 2 aromatic rings. The second-order valence-corrected chi connectivity index (χ2v) is 6.04. The summed E-state index contributed by atoms with van der Waals surface area (Å²) in [5.74, 6) is 0.537. The van der Waals surface area contributed by atoms with Crippen molar-refractivity contribution in [3.05, 3.63) is 35.8 Å². The van der Waals surface area contributed by atoms with E-state index in [0.29, 0.717) is 5.92 Å². The molecule has 1 saturated heterocycles. The van der Waals surface area contributed by atoms with Gasteiger partial charge in [0.1, 0.15) is 5.01 Å². The largest absolute Gasteiger partial charge is 0.326 e. The Kier molecular flexibility index (Phi) is 3.80. The zero-order chi connectivity index (χ0) is 13.9. The maximum Gasteiger partial charge on any atom is 0.229 e. The number of aromatic nitrogens is 1. The lowest BCUT2D eigenvalue weighted by Crippen LogP contribution is -2.27. The van der Waals surface area contributed by atoms with E-state index in [9.17, 15) is 4.79 Å². The Labute approximate surface area is 122 Å². The normalized spacial score (nSPS) is 21.9. The smallest absolute Gasteiger partial charge is 0.229 e. The van der Waals surface area contributed by atoms with E-state index in [1.165, 1.54) is 0 Å². The number of amides is 1. The van der Waals surface area contributed by atoms with Gasteiger partial charge in [0.15, 0.2) is 0 Å². The third-order valence-corrected chi connectivity index (χ3v) is 4.49. The van der Waals surface area contributed by atoms with Crippen molar-refractivity contribution >= 4 is 22.9 Å². The Morgan fingerprint density at radius 2 is 2.35 bits per heavy atom. The number of hydrogen-bond donors (Lipinski definition) is 2. The number of anilines is 1. The van der Waals surface area contributed by atoms with Crippen molar-refractivity contribution < 1.29 is 4.79 Å². The van der Waals surface area contributed by atoms with Gasteiger partial charge in [0.05, 0.1) is 5.92 Å². The van der Waals surface area contributed by atoms with Crippen LogP contribution in [0.5, 0.6) is 0 Å². The van der Waals surface area contributed by atoms with E-state index < -0.39 is 0 Å². The molecule has 5 heteroatoms. The summed E-state index contributed by atoms with van der Waals surface area (Å²) in [5.41, 5.74) is 1.87. The van der Waals surface area contributed by atoms with Gasteiger partial charge in [0, 0.05) is 29.4 Å². The maximum atomic E-state index is 12.3. The van der Waals surface area contributed by atoms with Gasteiger partial charge < -0.3 is 10.6 Å². The van der Waals surface area contributed by atoms with Crippen LogP contribution in [-0.4, -0.2) is 24.0 Å². The van der Waals surface area contributed by atoms with Gasteiger partial charge in [-0.3, -0.25) is 4.79 Å². The molecule has 1 aromatic carbocycles. The van der Waals surface area contributed by atoms with Gasteiger partial charge in [0.25, 0.3) is 0 Å². The minimum absolute atomic E-state index is 0.0542. The van der Waals surface area contributed by atoms with Crippen LogP contribution in [-0.2, 0) is 4.79 Å². The van der Waals surface area contributed by atoms with Crippen LogP contribution in [0.15, 0.2) is 35.8 Å². The fourth-order valence-electron chi connectivity index (χ4n) is 2.49. The molecule has 0 radical (unpaired) electrons. The third-order valence-electron chi connectivity index (χ3n) is 3.66. The van der Waals surface area contributed by atoms with E-state index >= 15 is 0 Å². The molecule has 2 N–H and O–H groups in total. The highest BCUT2D eigenvalue weighted by atomic mass is 32.1. The molecule has 2 heterocycles. The van der Waals surface area contributed by atoms with Crippen LogP contribution in [0, 0.1) is 11.8 Å². The van der Waals surface area contributed by atoms with Gasteiger partial charge >= 0.3 is 0 Å². The van der Waals surface area contributed by atoms with Crippen molar-refractivity contribution in [2.75, 3.05) is 18.4 Å². The lowest BCUT2D eigenvalue weighted by Gasteiger charge is -2.14. The number of thiazole rings is 1. The SMILES string of the molecule is CC1CNCC1C(=O)Nc1cccc(-c2nccs2)c1. The predicted molar refractivity (Wildman–Crippen MR) is 81.7 cm³/mol. The second kappa shape index (κ2) is 5.73. The first-order valence-corrected chi connectivity index (χ1v) is 7.63. The summed E-state index contributed by atoms with van der Waals surface area (Å²) < 4.78 is 0. The molecular weight excluding hydrogens is 270 g/mol. The molecule has 3 rings (SSSR count). The first kappa shape index (κ1) is 13.3. The molecule has 104 valence electrons. The van der Waals surface area contributed by atoms with Crippen molar-refractivity contribution in [3.8, 4) is 10.6 Å². The molecule has 0 saturated carbocycles. The van der Waals surface area contributed by atoms with Gasteiger partial charge in [0.2, 0.25) is 5.91 Å². The third kappa shape index (κ3) is 2.73. The lowest BCUT2D eigenvalue weighted by molar-refractivity contribution is -0.120. The van der Waals surface area contributed by atoms with Gasteiger partial charge in [-0.15, -0.1) is 11.3 Å². The van der Waals surface area contributed by atoms with E-state index in [2.05, 4.69) is 22.5 Å². The molecule has 1 amide bonds. The summed E-state index contributed by atoms with van der Waals surface area (Å²) in [6.07, 6.45) is 1.79. The molecule has 2 atom stereocenters. The Morgan fingerprint density at radius 1 is 1.45 bits per heavy atom. The summed E-state index contributed by atoms with van der Waals surface area (Å²) in [6, 6.07) is 7.85. The number of nitrogens with zero attached hydrogens (tertiary/aromatic N) is 1. The second-order valence-electron chi connectivity index (χ2n) is 5.15. The van der Waals surface area contributed by atoms with Crippen LogP contribution in [0.2, 0.25) is 0 Å². The Bertz CT molecular complexity index is 597. The Hall–Kier alpha value is -1.72. The van der Waals surface area contributed by atoms with E-state index in [1.54, 1.807) is 17.5 Å². The van der Waals surface area contributed by atoms with Crippen molar-refractivity contribution in [2.45, 2.75) is 6.92 Å². The first-order valence-electron chi connectivity index (χ1n) is 6.75. The quantitative estimate of drug-likeness (QED) is 0.912. The van der Waals surface area contributed by atoms with E-state index in [1.807, 2.05) is 29.6 Å². The van der Waals surface area contributed by atoms with E-state index in [4.69, 9.17) is 0 Å². The van der Waals surface area contributed by atoms with Gasteiger partial charge in [-0.2, -0.15) is 0 Å². The van der Waals surface area contributed by atoms with Gasteiger partial charge in [-0.1, -0.05) is 19.1 Å². The number of carbonyl (C=O) groups is 1. The van der Waals surface area contributed by atoms with Crippen LogP contribution >= 0.6 is 11.3 Å². The zero-order valence-electron chi connectivity index (χ0n) is 11.3. The number of rotatable bonds is 3. The van der Waals surface area contributed by atoms with Crippen LogP contribution in [0.1, 0.15) is 6.92 Å². The van der Waals surface area contributed by atoms with E-state index in [0.717, 1.165) is 29.3 Å². The molecule has 0 bridgehead atoms. The summed E-state index contributed by atoms with van der Waals surface area (Å²) in [6.45, 7) is 3.78. The molecule has 4 nitrogen and oxygen atoms in total. The summed E-state index contributed by atoms with van der Waals surface area (Å²) in [5, 5.41) is 9.19. The highest BCUT2D eigenvalue weighted by Gasteiger charge is 2.29. The average molecular weight is 287 g/mol. The molecule has 20 heavy (non-hydrogen) atoms. The van der Waals surface area contributed by atoms with Crippen LogP contribution in [0.25, 0.3) is 10.6 Å². The van der Waals surface area contributed by atoms with Crippen molar-refractivity contribution in [3.63, 3.8) is 0 Å². The summed E-state index contributed by atoms with van der Waals surface area (Å²) in [4.78, 5) is 16.6. The van der Waals surface area contributed by atoms with Crippen molar-refractivity contribution in [1.82, 2.24) is 10.3 Å². The maximum absolute atomic E-state index is 12.3. The van der Waals surface area contributed by atoms with E-state index in [-0.39, 0.29) is 11.8 Å². The number of hydrogen-bond acceptors (Lipinski definition) is 4. The number of carbonyl (C=O) groups excluding carboxylic acids is 1. The predicted octanol–water partition coefficient (Wildman–Crippen LogP) is 2.60. The van der Waals surface area contributed by atoms with Crippen LogP contribution in [0.4, 0.5) is 5.69 Å². The summed E-state index contributed by atoms with van der Waals surface area (Å²) in [7, 11) is 0. The molecule has 1 aliphatic heterocycles. The molecule has 2 unspecified atom stereocenters. The van der Waals surface area contributed by atoms with Crippen LogP contribution in [0.3, 0.4) is 0 Å². The molecular formula is C15H17N3OS. The van der Waals surface area contributed by atoms with Gasteiger partial charge in [-0.25, -0.2) is 4.98 Å². The highest BCUT2D eigenvalue weighted by molar-refractivity contribution is 7.13. The fraction of sp³-hybridized carbons (Fsp3) is 0.333. The highest BCUT2D eigenvalue weighted by Crippen LogP contribution is 2.25. The van der Waals surface area contributed by atoms with Crippen molar-refractivity contribution in [1.29, 1.82) is 0 Å². The molecule has 1 aliphatic rings. The standard InChI is InChI=1S/C15H17N3OS/c1-10-8-16-9-13(10)14(19)18-12-4-2-3-11(7-12)15-17-5-6-20-15/h2-7,10,13,16H,8-9H2,1H3,(H,18,19).